The quantitative estimate of drug-likeness (QED) is 0.651. The van der Waals surface area contributed by atoms with Gasteiger partial charge in [-0.05, 0) is 38.2 Å². The van der Waals surface area contributed by atoms with Crippen LogP contribution in [0.5, 0.6) is 0 Å². The van der Waals surface area contributed by atoms with Gasteiger partial charge in [-0.25, -0.2) is 0 Å². The normalized spacial score (nSPS) is 11.4. The van der Waals surface area contributed by atoms with E-state index in [4.69, 9.17) is 12.2 Å². The molecule has 0 aliphatic rings. The summed E-state index contributed by atoms with van der Waals surface area (Å²) in [6.07, 6.45) is 0. The van der Waals surface area contributed by atoms with Crippen LogP contribution in [-0.2, 0) is 7.05 Å². The summed E-state index contributed by atoms with van der Waals surface area (Å²) in [7, 11) is 2.02. The van der Waals surface area contributed by atoms with Crippen molar-refractivity contribution in [3.8, 4) is 0 Å². The molecule has 0 atom stereocenters. The minimum atomic E-state index is 0.411. The predicted molar refractivity (Wildman–Crippen MR) is 62.1 cm³/mol. The summed E-state index contributed by atoms with van der Waals surface area (Å²) in [5.74, 6) is 0. The fourth-order valence-corrected chi connectivity index (χ4v) is 2.23. The van der Waals surface area contributed by atoms with Gasteiger partial charge in [-0.1, -0.05) is 12.1 Å². The minimum absolute atomic E-state index is 0.411. The van der Waals surface area contributed by atoms with Crippen LogP contribution in [0, 0.1) is 4.77 Å². The molecule has 0 radical (unpaired) electrons. The zero-order valence-corrected chi connectivity index (χ0v) is 9.51. The lowest BCUT2D eigenvalue weighted by molar-refractivity contribution is 0.598. The standard InChI is InChI=1S/C11H14N2S/c1-8(2)13-10-7-5-4-6-9(10)12(3)11(13)14/h4-8H,1-3H3. The number of hydrogen-bond donors (Lipinski definition) is 0. The second-order valence-electron chi connectivity index (χ2n) is 3.79. The maximum atomic E-state index is 5.40. The van der Waals surface area contributed by atoms with Crippen LogP contribution in [0.25, 0.3) is 11.0 Å². The number of hydrogen-bond acceptors (Lipinski definition) is 1. The molecule has 0 N–H and O–H groups in total. The smallest absolute Gasteiger partial charge is 0.180 e. The summed E-state index contributed by atoms with van der Waals surface area (Å²) in [5.41, 5.74) is 2.42. The molecule has 1 heterocycles. The number of aromatic nitrogens is 2. The molecule has 0 bridgehead atoms. The van der Waals surface area contributed by atoms with Crippen molar-refractivity contribution in [3.05, 3.63) is 29.0 Å². The van der Waals surface area contributed by atoms with Gasteiger partial charge in [0.05, 0.1) is 11.0 Å². The van der Waals surface area contributed by atoms with Crippen LogP contribution in [0.3, 0.4) is 0 Å². The molecule has 0 amide bonds. The maximum Gasteiger partial charge on any atom is 0.180 e. The molecule has 74 valence electrons. The fraction of sp³-hybridized carbons (Fsp3) is 0.364. The molecular weight excluding hydrogens is 192 g/mol. The number of imidazole rings is 1. The molecule has 1 aromatic carbocycles. The van der Waals surface area contributed by atoms with Crippen molar-refractivity contribution in [2.45, 2.75) is 19.9 Å². The second kappa shape index (κ2) is 3.24. The number of nitrogens with zero attached hydrogens (tertiary/aromatic N) is 2. The van der Waals surface area contributed by atoms with Crippen molar-refractivity contribution in [1.29, 1.82) is 0 Å². The van der Waals surface area contributed by atoms with Gasteiger partial charge >= 0.3 is 0 Å². The molecule has 2 nitrogen and oxygen atoms in total. The lowest BCUT2D eigenvalue weighted by Gasteiger charge is -2.07. The fourth-order valence-electron chi connectivity index (χ4n) is 1.82. The highest BCUT2D eigenvalue weighted by molar-refractivity contribution is 7.71. The van der Waals surface area contributed by atoms with Gasteiger partial charge in [-0.3, -0.25) is 0 Å². The van der Waals surface area contributed by atoms with Gasteiger partial charge < -0.3 is 9.13 Å². The Morgan fingerprint density at radius 1 is 1.14 bits per heavy atom. The first-order valence-corrected chi connectivity index (χ1v) is 5.19. The molecule has 0 saturated carbocycles. The van der Waals surface area contributed by atoms with E-state index >= 15 is 0 Å². The molecule has 0 spiro atoms. The monoisotopic (exact) mass is 206 g/mol. The van der Waals surface area contributed by atoms with Crippen LogP contribution >= 0.6 is 12.2 Å². The van der Waals surface area contributed by atoms with Crippen molar-refractivity contribution in [2.24, 2.45) is 7.05 Å². The lowest BCUT2D eigenvalue weighted by atomic mass is 10.3. The van der Waals surface area contributed by atoms with Gasteiger partial charge in [-0.2, -0.15) is 0 Å². The third-order valence-corrected chi connectivity index (χ3v) is 2.98. The lowest BCUT2D eigenvalue weighted by Crippen LogP contribution is -2.01. The second-order valence-corrected chi connectivity index (χ2v) is 4.16. The van der Waals surface area contributed by atoms with E-state index in [-0.39, 0.29) is 0 Å². The third-order valence-electron chi connectivity index (χ3n) is 2.51. The number of benzene rings is 1. The molecule has 1 aromatic heterocycles. The summed E-state index contributed by atoms with van der Waals surface area (Å²) in [6, 6.07) is 8.72. The Labute approximate surface area is 88.8 Å². The van der Waals surface area contributed by atoms with Crippen LogP contribution in [-0.4, -0.2) is 9.13 Å². The summed E-state index contributed by atoms with van der Waals surface area (Å²) < 4.78 is 5.14. The summed E-state index contributed by atoms with van der Waals surface area (Å²) in [6.45, 7) is 4.31. The first-order chi connectivity index (χ1) is 6.63. The topological polar surface area (TPSA) is 9.86 Å². The molecule has 0 fully saturated rings. The number of para-hydroxylation sites is 2. The number of aryl methyl sites for hydroxylation is 1. The molecule has 0 unspecified atom stereocenters. The van der Waals surface area contributed by atoms with E-state index in [1.54, 1.807) is 0 Å². The van der Waals surface area contributed by atoms with Crippen molar-refractivity contribution >= 4 is 23.3 Å². The Kier molecular flexibility index (Phi) is 2.19. The van der Waals surface area contributed by atoms with Gasteiger partial charge in [0, 0.05) is 13.1 Å². The average molecular weight is 206 g/mol. The highest BCUT2D eigenvalue weighted by Crippen LogP contribution is 2.20. The van der Waals surface area contributed by atoms with Gasteiger partial charge in [0.1, 0.15) is 0 Å². The first kappa shape index (κ1) is 9.46. The minimum Gasteiger partial charge on any atom is -0.320 e. The molecule has 2 aromatic rings. The van der Waals surface area contributed by atoms with E-state index in [1.165, 1.54) is 11.0 Å². The van der Waals surface area contributed by atoms with Gasteiger partial charge in [0.15, 0.2) is 4.77 Å². The first-order valence-electron chi connectivity index (χ1n) is 4.79. The van der Waals surface area contributed by atoms with E-state index in [1.807, 2.05) is 13.1 Å². The van der Waals surface area contributed by atoms with E-state index < -0.39 is 0 Å². The van der Waals surface area contributed by atoms with Crippen LogP contribution in [0.4, 0.5) is 0 Å². The Morgan fingerprint density at radius 2 is 1.71 bits per heavy atom. The predicted octanol–water partition coefficient (Wildman–Crippen LogP) is 3.29. The molecule has 0 saturated heterocycles. The van der Waals surface area contributed by atoms with E-state index in [0.717, 1.165) is 4.77 Å². The van der Waals surface area contributed by atoms with E-state index in [0.29, 0.717) is 6.04 Å². The van der Waals surface area contributed by atoms with Crippen molar-refractivity contribution in [2.75, 3.05) is 0 Å². The number of fused-ring (bicyclic) bond motifs is 1. The molecule has 0 aliphatic carbocycles. The van der Waals surface area contributed by atoms with Crippen molar-refractivity contribution in [1.82, 2.24) is 9.13 Å². The Hall–Kier alpha value is -1.09. The van der Waals surface area contributed by atoms with Crippen LogP contribution in [0.15, 0.2) is 24.3 Å². The molecule has 0 aliphatic heterocycles. The molecule has 3 heteroatoms. The molecular formula is C11H14N2S. The maximum absolute atomic E-state index is 5.40. The average Bonchev–Trinajstić information content (AvgIpc) is 2.41. The molecule has 14 heavy (non-hydrogen) atoms. The van der Waals surface area contributed by atoms with E-state index in [9.17, 15) is 0 Å². The van der Waals surface area contributed by atoms with Crippen LogP contribution < -0.4 is 0 Å². The zero-order valence-electron chi connectivity index (χ0n) is 8.69. The highest BCUT2D eigenvalue weighted by Gasteiger charge is 2.08. The summed E-state index contributed by atoms with van der Waals surface area (Å²) >= 11 is 5.40. The van der Waals surface area contributed by atoms with Gasteiger partial charge in [-0.15, -0.1) is 0 Å². The van der Waals surface area contributed by atoms with Crippen molar-refractivity contribution < 1.29 is 0 Å². The molecule has 2 rings (SSSR count). The van der Waals surface area contributed by atoms with E-state index in [2.05, 4.69) is 41.2 Å². The Balaban J connectivity index is 2.95. The Bertz CT molecular complexity index is 520. The van der Waals surface area contributed by atoms with Gasteiger partial charge in [0.2, 0.25) is 0 Å². The van der Waals surface area contributed by atoms with Crippen LogP contribution in [0.1, 0.15) is 19.9 Å². The summed E-state index contributed by atoms with van der Waals surface area (Å²) in [5, 5.41) is 0. The summed E-state index contributed by atoms with van der Waals surface area (Å²) in [4.78, 5) is 0. The van der Waals surface area contributed by atoms with Crippen LogP contribution in [0.2, 0.25) is 0 Å². The Morgan fingerprint density at radius 3 is 2.29 bits per heavy atom. The highest BCUT2D eigenvalue weighted by atomic mass is 32.1. The van der Waals surface area contributed by atoms with Gasteiger partial charge in [0.25, 0.3) is 0 Å². The number of rotatable bonds is 1. The largest absolute Gasteiger partial charge is 0.320 e. The zero-order chi connectivity index (χ0) is 10.3. The third kappa shape index (κ3) is 1.20. The SMILES string of the molecule is CC(C)n1c(=S)n(C)c2ccccc21. The van der Waals surface area contributed by atoms with Crippen molar-refractivity contribution in [3.63, 3.8) is 0 Å².